The highest BCUT2D eigenvalue weighted by molar-refractivity contribution is 5.91. The van der Waals surface area contributed by atoms with Crippen molar-refractivity contribution >= 4 is 17.3 Å². The summed E-state index contributed by atoms with van der Waals surface area (Å²) >= 11 is 0. The van der Waals surface area contributed by atoms with E-state index in [1.807, 2.05) is 17.6 Å². The molecular formula is C30H36FN7. The molecular weight excluding hydrogens is 477 g/mol. The number of halogens is 1. The Hall–Kier alpha value is -3.52. The molecule has 198 valence electrons. The highest BCUT2D eigenvalue weighted by Crippen LogP contribution is 2.37. The van der Waals surface area contributed by atoms with Gasteiger partial charge in [0.1, 0.15) is 17.3 Å². The van der Waals surface area contributed by atoms with Crippen molar-refractivity contribution in [1.29, 1.82) is 0 Å². The molecule has 4 aromatic rings. The van der Waals surface area contributed by atoms with E-state index in [0.29, 0.717) is 24.6 Å². The summed E-state index contributed by atoms with van der Waals surface area (Å²) in [5, 5.41) is 15.7. The van der Waals surface area contributed by atoms with Crippen molar-refractivity contribution in [2.75, 3.05) is 17.7 Å². The summed E-state index contributed by atoms with van der Waals surface area (Å²) in [5.41, 5.74) is 5.26. The lowest BCUT2D eigenvalue weighted by molar-refractivity contribution is 0.461. The van der Waals surface area contributed by atoms with Crippen LogP contribution in [0.3, 0.4) is 0 Å². The molecule has 0 spiro atoms. The standard InChI is InChI=1S/C30H36FN7/c1-32-19-24-18-25(36-30(35-24)34-23-10-5-6-11-23)28-26-12-7-13-27(33-22-8-3-2-4-9-22)38(26)37-29(28)20-14-16-21(31)17-15-20/h7,12-18,22-23,32-33H,2-6,8-11,19H2,1H3,(H,34,35,36). The van der Waals surface area contributed by atoms with Crippen molar-refractivity contribution in [3.05, 3.63) is 60.0 Å². The van der Waals surface area contributed by atoms with Gasteiger partial charge in [0, 0.05) is 24.2 Å². The molecule has 3 N–H and O–H groups in total. The maximum absolute atomic E-state index is 13.9. The third-order valence-electron chi connectivity index (χ3n) is 7.81. The van der Waals surface area contributed by atoms with Gasteiger partial charge >= 0.3 is 0 Å². The van der Waals surface area contributed by atoms with Gasteiger partial charge in [0.15, 0.2) is 0 Å². The van der Waals surface area contributed by atoms with Crippen molar-refractivity contribution in [2.45, 2.75) is 76.4 Å². The molecule has 3 aromatic heterocycles. The maximum atomic E-state index is 13.9. The second-order valence-electron chi connectivity index (χ2n) is 10.6. The van der Waals surface area contributed by atoms with Gasteiger partial charge in [-0.05, 0) is 75.2 Å². The molecule has 2 saturated carbocycles. The minimum atomic E-state index is -0.264. The van der Waals surface area contributed by atoms with E-state index in [0.717, 1.165) is 52.4 Å². The molecule has 1 aromatic carbocycles. The molecule has 0 aliphatic heterocycles. The summed E-state index contributed by atoms with van der Waals surface area (Å²) in [5.74, 6) is 1.36. The van der Waals surface area contributed by atoms with Gasteiger partial charge in [-0.3, -0.25) is 0 Å². The molecule has 2 aliphatic rings. The monoisotopic (exact) mass is 513 g/mol. The fourth-order valence-corrected chi connectivity index (χ4v) is 5.91. The fourth-order valence-electron chi connectivity index (χ4n) is 5.91. The molecule has 38 heavy (non-hydrogen) atoms. The van der Waals surface area contributed by atoms with Gasteiger partial charge in [-0.1, -0.05) is 38.2 Å². The number of rotatable bonds is 8. The van der Waals surface area contributed by atoms with Crippen LogP contribution < -0.4 is 16.0 Å². The SMILES string of the molecule is CNCc1cc(-c2c(-c3ccc(F)cc3)nn3c(NC4CCCCC4)cccc23)nc(NC2CCCC2)n1. The van der Waals surface area contributed by atoms with Gasteiger partial charge in [-0.15, -0.1) is 0 Å². The summed E-state index contributed by atoms with van der Waals surface area (Å²) in [6, 6.07) is 15.7. The van der Waals surface area contributed by atoms with Crippen LogP contribution in [0.15, 0.2) is 48.5 Å². The van der Waals surface area contributed by atoms with Gasteiger partial charge in [0.25, 0.3) is 0 Å². The molecule has 0 amide bonds. The van der Waals surface area contributed by atoms with Crippen molar-refractivity contribution in [3.8, 4) is 22.5 Å². The topological polar surface area (TPSA) is 79.2 Å². The average Bonchev–Trinajstić information content (AvgIpc) is 3.58. The van der Waals surface area contributed by atoms with Gasteiger partial charge in [0.2, 0.25) is 5.95 Å². The molecule has 0 saturated heterocycles. The minimum Gasteiger partial charge on any atom is -0.367 e. The molecule has 0 unspecified atom stereocenters. The van der Waals surface area contributed by atoms with Crippen molar-refractivity contribution in [2.24, 2.45) is 0 Å². The Morgan fingerprint density at radius 3 is 2.32 bits per heavy atom. The third-order valence-corrected chi connectivity index (χ3v) is 7.81. The van der Waals surface area contributed by atoms with Crippen LogP contribution in [0, 0.1) is 5.82 Å². The minimum absolute atomic E-state index is 0.264. The first-order valence-corrected chi connectivity index (χ1v) is 14.0. The lowest BCUT2D eigenvalue weighted by Crippen LogP contribution is -2.23. The number of benzene rings is 1. The maximum Gasteiger partial charge on any atom is 0.223 e. The molecule has 2 fully saturated rings. The predicted molar refractivity (Wildman–Crippen MR) is 151 cm³/mol. The summed E-state index contributed by atoms with van der Waals surface area (Å²) in [7, 11) is 1.92. The number of pyridine rings is 1. The van der Waals surface area contributed by atoms with E-state index >= 15 is 0 Å². The molecule has 3 heterocycles. The summed E-state index contributed by atoms with van der Waals surface area (Å²) < 4.78 is 15.9. The van der Waals surface area contributed by atoms with Crippen LogP contribution in [0.5, 0.6) is 0 Å². The first kappa shape index (κ1) is 24.8. The average molecular weight is 514 g/mol. The van der Waals surface area contributed by atoms with Crippen LogP contribution in [-0.2, 0) is 6.54 Å². The molecule has 8 heteroatoms. The Balaban J connectivity index is 1.50. The van der Waals surface area contributed by atoms with E-state index in [9.17, 15) is 4.39 Å². The molecule has 7 nitrogen and oxygen atoms in total. The van der Waals surface area contributed by atoms with Gasteiger partial charge in [-0.2, -0.15) is 5.10 Å². The van der Waals surface area contributed by atoms with E-state index < -0.39 is 0 Å². The first-order chi connectivity index (χ1) is 18.7. The number of nitrogens with zero attached hydrogens (tertiary/aromatic N) is 4. The fraction of sp³-hybridized carbons (Fsp3) is 0.433. The number of anilines is 2. The number of fused-ring (bicyclic) bond motifs is 1. The smallest absolute Gasteiger partial charge is 0.223 e. The zero-order valence-electron chi connectivity index (χ0n) is 22.0. The van der Waals surface area contributed by atoms with Gasteiger partial charge in [0.05, 0.1) is 22.5 Å². The highest BCUT2D eigenvalue weighted by atomic mass is 19.1. The second kappa shape index (κ2) is 11.1. The zero-order valence-corrected chi connectivity index (χ0v) is 22.0. The third kappa shape index (κ3) is 5.23. The Kier molecular flexibility index (Phi) is 7.22. The van der Waals surface area contributed by atoms with Crippen LogP contribution in [-0.4, -0.2) is 38.7 Å². The van der Waals surface area contributed by atoms with Crippen LogP contribution in [0.1, 0.15) is 63.5 Å². The predicted octanol–water partition coefficient (Wildman–Crippen LogP) is 6.42. The van der Waals surface area contributed by atoms with E-state index in [1.165, 1.54) is 57.1 Å². The molecule has 2 aliphatic carbocycles. The lowest BCUT2D eigenvalue weighted by Gasteiger charge is -2.24. The summed E-state index contributed by atoms with van der Waals surface area (Å²) in [6.45, 7) is 0.633. The first-order valence-electron chi connectivity index (χ1n) is 14.0. The molecule has 0 radical (unpaired) electrons. The number of nitrogens with one attached hydrogen (secondary N) is 3. The van der Waals surface area contributed by atoms with Gasteiger partial charge < -0.3 is 16.0 Å². The van der Waals surface area contributed by atoms with Crippen molar-refractivity contribution in [1.82, 2.24) is 24.9 Å². The van der Waals surface area contributed by atoms with E-state index in [2.05, 4.69) is 34.1 Å². The second-order valence-corrected chi connectivity index (χ2v) is 10.6. The zero-order chi connectivity index (χ0) is 25.9. The number of hydrogen-bond donors (Lipinski definition) is 3. The Labute approximate surface area is 223 Å². The lowest BCUT2D eigenvalue weighted by atomic mass is 9.95. The Morgan fingerprint density at radius 1 is 0.868 bits per heavy atom. The molecule has 0 bridgehead atoms. The van der Waals surface area contributed by atoms with Crippen molar-refractivity contribution in [3.63, 3.8) is 0 Å². The quantitative estimate of drug-likeness (QED) is 0.252. The van der Waals surface area contributed by atoms with Crippen molar-refractivity contribution < 1.29 is 4.39 Å². The highest BCUT2D eigenvalue weighted by Gasteiger charge is 2.23. The van der Waals surface area contributed by atoms with E-state index in [-0.39, 0.29) is 5.82 Å². The molecule has 6 rings (SSSR count). The van der Waals surface area contributed by atoms with Crippen LogP contribution in [0.4, 0.5) is 16.2 Å². The molecule has 0 atom stereocenters. The van der Waals surface area contributed by atoms with Gasteiger partial charge in [-0.25, -0.2) is 18.9 Å². The normalized spacial score (nSPS) is 16.8. The Morgan fingerprint density at radius 2 is 1.58 bits per heavy atom. The van der Waals surface area contributed by atoms with E-state index in [4.69, 9.17) is 15.1 Å². The largest absolute Gasteiger partial charge is 0.367 e. The van der Waals surface area contributed by atoms with Crippen LogP contribution in [0.25, 0.3) is 28.0 Å². The summed E-state index contributed by atoms with van der Waals surface area (Å²) in [6.07, 6.45) is 10.9. The number of hydrogen-bond acceptors (Lipinski definition) is 6. The summed E-state index contributed by atoms with van der Waals surface area (Å²) in [4.78, 5) is 9.83. The number of aromatic nitrogens is 4. The Bertz CT molecular complexity index is 1390. The van der Waals surface area contributed by atoms with Crippen LogP contribution >= 0.6 is 0 Å². The van der Waals surface area contributed by atoms with E-state index in [1.54, 1.807) is 12.1 Å². The van der Waals surface area contributed by atoms with Crippen LogP contribution in [0.2, 0.25) is 0 Å².